The fourth-order valence-electron chi connectivity index (χ4n) is 2.43. The third-order valence-corrected chi connectivity index (χ3v) is 5.30. The molecule has 3 rings (SSSR count). The highest BCUT2D eigenvalue weighted by molar-refractivity contribution is 7.18. The molecule has 2 aromatic rings. The molecule has 1 aliphatic heterocycles. The van der Waals surface area contributed by atoms with Crippen LogP contribution in [0, 0.1) is 0 Å². The van der Waals surface area contributed by atoms with Gasteiger partial charge < -0.3 is 4.90 Å². The Morgan fingerprint density at radius 3 is 2.52 bits per heavy atom. The van der Waals surface area contributed by atoms with Crippen molar-refractivity contribution in [3.05, 3.63) is 29.3 Å². The lowest BCUT2D eigenvalue weighted by atomic mass is 10.3. The molecular formula is C15H17N4O3S+. The Balaban J connectivity index is 1.77. The van der Waals surface area contributed by atoms with E-state index in [-0.39, 0.29) is 12.7 Å². The number of urea groups is 1. The second kappa shape index (κ2) is 5.71. The van der Waals surface area contributed by atoms with Crippen molar-refractivity contribution in [3.8, 4) is 0 Å². The van der Waals surface area contributed by atoms with Gasteiger partial charge in [0.15, 0.2) is 11.7 Å². The molecule has 2 atom stereocenters. The SMILES string of the molecule is C[C@H](c1nc2ccccc2s1)[NH+](C)CN1C(=O)C(=O)N(C)C1=O. The summed E-state index contributed by atoms with van der Waals surface area (Å²) in [5.74, 6) is -1.55. The van der Waals surface area contributed by atoms with Gasteiger partial charge in [-0.1, -0.05) is 12.1 Å². The fraction of sp³-hybridized carbons (Fsp3) is 0.333. The quantitative estimate of drug-likeness (QED) is 0.643. The van der Waals surface area contributed by atoms with Crippen LogP contribution in [-0.2, 0) is 9.59 Å². The number of quaternary nitrogens is 1. The Labute approximate surface area is 137 Å². The second-order valence-corrected chi connectivity index (χ2v) is 6.69. The van der Waals surface area contributed by atoms with Crippen molar-refractivity contribution in [2.75, 3.05) is 20.8 Å². The molecule has 1 unspecified atom stereocenters. The first-order valence-corrected chi connectivity index (χ1v) is 8.03. The van der Waals surface area contributed by atoms with Gasteiger partial charge in [-0.05, 0) is 19.1 Å². The van der Waals surface area contributed by atoms with E-state index < -0.39 is 17.8 Å². The minimum absolute atomic E-state index is 0.00555. The Bertz CT molecular complexity index is 770. The molecule has 0 aliphatic carbocycles. The smallest absolute Gasteiger partial charge is 0.312 e. The summed E-state index contributed by atoms with van der Waals surface area (Å²) in [4.78, 5) is 42.7. The van der Waals surface area contributed by atoms with E-state index in [1.165, 1.54) is 7.05 Å². The normalized spacial score (nSPS) is 18.1. The lowest BCUT2D eigenvalue weighted by molar-refractivity contribution is -0.917. The van der Waals surface area contributed by atoms with E-state index in [1.54, 1.807) is 11.3 Å². The van der Waals surface area contributed by atoms with Gasteiger partial charge >= 0.3 is 17.8 Å². The number of fused-ring (bicyclic) bond motifs is 1. The first kappa shape index (κ1) is 15.6. The van der Waals surface area contributed by atoms with Crippen molar-refractivity contribution >= 4 is 39.4 Å². The number of thiazole rings is 1. The molecule has 8 heteroatoms. The van der Waals surface area contributed by atoms with Crippen molar-refractivity contribution in [2.24, 2.45) is 0 Å². The van der Waals surface area contributed by atoms with Crippen LogP contribution in [0.1, 0.15) is 18.0 Å². The Kier molecular flexibility index (Phi) is 3.87. The first-order valence-electron chi connectivity index (χ1n) is 7.21. The van der Waals surface area contributed by atoms with Crippen LogP contribution < -0.4 is 4.90 Å². The van der Waals surface area contributed by atoms with E-state index in [0.29, 0.717) is 0 Å². The van der Waals surface area contributed by atoms with Crippen molar-refractivity contribution in [1.82, 2.24) is 14.8 Å². The number of para-hydroxylation sites is 1. The number of benzene rings is 1. The molecule has 1 saturated heterocycles. The zero-order valence-electron chi connectivity index (χ0n) is 13.1. The Morgan fingerprint density at radius 2 is 1.91 bits per heavy atom. The van der Waals surface area contributed by atoms with Crippen LogP contribution in [0.25, 0.3) is 10.2 Å². The first-order chi connectivity index (χ1) is 10.9. The molecule has 1 aromatic carbocycles. The van der Waals surface area contributed by atoms with Crippen LogP contribution in [0.3, 0.4) is 0 Å². The Hall–Kier alpha value is -2.32. The lowest BCUT2D eigenvalue weighted by Gasteiger charge is -2.23. The van der Waals surface area contributed by atoms with Crippen LogP contribution >= 0.6 is 11.3 Å². The summed E-state index contributed by atoms with van der Waals surface area (Å²) in [6.07, 6.45) is 0. The Morgan fingerprint density at radius 1 is 1.22 bits per heavy atom. The molecular weight excluding hydrogens is 316 g/mol. The van der Waals surface area contributed by atoms with Crippen molar-refractivity contribution in [3.63, 3.8) is 0 Å². The van der Waals surface area contributed by atoms with E-state index in [4.69, 9.17) is 0 Å². The van der Waals surface area contributed by atoms with Gasteiger partial charge in [0.25, 0.3) is 0 Å². The molecule has 7 nitrogen and oxygen atoms in total. The summed E-state index contributed by atoms with van der Waals surface area (Å²) in [7, 11) is 3.19. The summed E-state index contributed by atoms with van der Waals surface area (Å²) >= 11 is 1.60. The number of likely N-dealkylation sites (N-methyl/N-ethyl adjacent to an activating group) is 1. The third kappa shape index (κ3) is 2.60. The molecule has 1 fully saturated rings. The number of aromatic nitrogens is 1. The summed E-state index contributed by atoms with van der Waals surface area (Å²) in [5, 5.41) is 0.933. The number of nitrogens with one attached hydrogen (secondary N) is 1. The number of amides is 4. The molecule has 1 aromatic heterocycles. The summed E-state index contributed by atoms with van der Waals surface area (Å²) < 4.78 is 1.10. The second-order valence-electron chi connectivity index (χ2n) is 5.63. The van der Waals surface area contributed by atoms with Gasteiger partial charge in [-0.25, -0.2) is 14.7 Å². The van der Waals surface area contributed by atoms with Crippen LogP contribution in [0.2, 0.25) is 0 Å². The summed E-state index contributed by atoms with van der Waals surface area (Å²) in [6.45, 7) is 2.12. The maximum Gasteiger partial charge on any atom is 0.338 e. The van der Waals surface area contributed by atoms with Crippen LogP contribution in [0.5, 0.6) is 0 Å². The van der Waals surface area contributed by atoms with Gasteiger partial charge in [0.05, 0.1) is 17.3 Å². The largest absolute Gasteiger partial charge is 0.338 e. The van der Waals surface area contributed by atoms with E-state index in [2.05, 4.69) is 4.98 Å². The van der Waals surface area contributed by atoms with Crippen molar-refractivity contribution in [1.29, 1.82) is 0 Å². The average Bonchev–Trinajstić information content (AvgIpc) is 3.06. The number of hydrogen-bond acceptors (Lipinski definition) is 5. The van der Waals surface area contributed by atoms with Gasteiger partial charge in [-0.15, -0.1) is 11.3 Å². The fourth-order valence-corrected chi connectivity index (χ4v) is 3.54. The van der Waals surface area contributed by atoms with Gasteiger partial charge in [-0.2, -0.15) is 0 Å². The van der Waals surface area contributed by atoms with E-state index in [1.807, 2.05) is 38.2 Å². The molecule has 1 N–H and O–H groups in total. The van der Waals surface area contributed by atoms with Gasteiger partial charge in [0, 0.05) is 7.05 Å². The lowest BCUT2D eigenvalue weighted by Crippen LogP contribution is -3.10. The zero-order chi connectivity index (χ0) is 16.7. The average molecular weight is 333 g/mol. The standard InChI is InChI=1S/C15H16N4O3S/c1-9(12-16-10-6-4-5-7-11(10)23-12)17(2)8-19-14(21)13(20)18(3)15(19)22/h4-7,9H,8H2,1-3H3/p+1/t9-/m1/s1. The number of nitrogens with zero attached hydrogens (tertiary/aromatic N) is 3. The molecule has 0 bridgehead atoms. The third-order valence-electron chi connectivity index (χ3n) is 4.08. The molecule has 0 saturated carbocycles. The topological polar surface area (TPSA) is 75.0 Å². The van der Waals surface area contributed by atoms with E-state index in [0.717, 1.165) is 29.9 Å². The summed E-state index contributed by atoms with van der Waals surface area (Å²) in [6, 6.07) is 7.30. The molecule has 1 aliphatic rings. The number of carbonyl (C=O) groups is 3. The number of imide groups is 2. The van der Waals surface area contributed by atoms with Crippen LogP contribution in [0.15, 0.2) is 24.3 Å². The van der Waals surface area contributed by atoms with Crippen molar-refractivity contribution < 1.29 is 19.3 Å². The van der Waals surface area contributed by atoms with E-state index in [9.17, 15) is 14.4 Å². The predicted octanol–water partition coefficient (Wildman–Crippen LogP) is 0.250. The highest BCUT2D eigenvalue weighted by Crippen LogP contribution is 2.24. The minimum atomic E-state index is -0.782. The van der Waals surface area contributed by atoms with Gasteiger partial charge in [0.2, 0.25) is 0 Å². The number of hydrogen-bond donors (Lipinski definition) is 1. The maximum absolute atomic E-state index is 11.9. The molecule has 23 heavy (non-hydrogen) atoms. The zero-order valence-corrected chi connectivity index (χ0v) is 13.9. The van der Waals surface area contributed by atoms with Crippen LogP contribution in [0.4, 0.5) is 4.79 Å². The number of carbonyl (C=O) groups excluding carboxylic acids is 3. The summed E-state index contributed by atoms with van der Waals surface area (Å²) in [5.41, 5.74) is 0.940. The molecule has 120 valence electrons. The van der Waals surface area contributed by atoms with Gasteiger partial charge in [0.1, 0.15) is 6.04 Å². The molecule has 2 heterocycles. The van der Waals surface area contributed by atoms with Crippen molar-refractivity contribution in [2.45, 2.75) is 13.0 Å². The predicted molar refractivity (Wildman–Crippen MR) is 84.8 cm³/mol. The van der Waals surface area contributed by atoms with E-state index >= 15 is 0 Å². The molecule has 0 radical (unpaired) electrons. The number of rotatable bonds is 4. The van der Waals surface area contributed by atoms with Gasteiger partial charge in [-0.3, -0.25) is 14.5 Å². The highest BCUT2D eigenvalue weighted by atomic mass is 32.1. The molecule has 0 spiro atoms. The highest BCUT2D eigenvalue weighted by Gasteiger charge is 2.44. The minimum Gasteiger partial charge on any atom is -0.312 e. The monoisotopic (exact) mass is 333 g/mol. The molecule has 4 amide bonds. The maximum atomic E-state index is 11.9. The van der Waals surface area contributed by atoms with Crippen LogP contribution in [-0.4, -0.2) is 53.4 Å².